The van der Waals surface area contributed by atoms with Gasteiger partial charge in [0.05, 0.1) is 31.1 Å². The summed E-state index contributed by atoms with van der Waals surface area (Å²) in [7, 11) is -4.02. The highest BCUT2D eigenvalue weighted by molar-refractivity contribution is 7.09. The van der Waals surface area contributed by atoms with E-state index < -0.39 is 33.4 Å². The summed E-state index contributed by atoms with van der Waals surface area (Å²) in [5, 5.41) is 24.7. The van der Waals surface area contributed by atoms with Gasteiger partial charge >= 0.3 is 7.12 Å². The van der Waals surface area contributed by atoms with Gasteiger partial charge in [-0.15, -0.1) is 11.3 Å². The zero-order chi connectivity index (χ0) is 37.3. The van der Waals surface area contributed by atoms with Crippen LogP contribution >= 0.6 is 11.3 Å². The Morgan fingerprint density at radius 2 is 1.68 bits per heavy atom. The van der Waals surface area contributed by atoms with Gasteiger partial charge in [-0.1, -0.05) is 93.1 Å². The Kier molecular flexibility index (Phi) is 11.0. The third kappa shape index (κ3) is 7.35. The van der Waals surface area contributed by atoms with Crippen LogP contribution in [0.3, 0.4) is 0 Å². The number of carbonyl (C=O) groups is 2. The van der Waals surface area contributed by atoms with E-state index in [0.717, 1.165) is 21.6 Å². The van der Waals surface area contributed by atoms with Crippen LogP contribution in [-0.4, -0.2) is 55.0 Å². The maximum Gasteiger partial charge on any atom is 0.455 e. The van der Waals surface area contributed by atoms with Gasteiger partial charge < -0.3 is 23.6 Å². The maximum atomic E-state index is 14.3. The van der Waals surface area contributed by atoms with E-state index in [2.05, 4.69) is 69.3 Å². The molecule has 276 valence electrons. The average Bonchev–Trinajstić information content (AvgIpc) is 3.89. The highest BCUT2D eigenvalue weighted by Gasteiger charge is 2.58. The van der Waals surface area contributed by atoms with Gasteiger partial charge in [0.15, 0.2) is 0 Å². The standard InChI is InChI=1S/C42H48BNO7SSi/c1-28(22-30-18-19-31(26-45)50-30)17-20-37-38-29(27-49-53(42(2,3)4,33-13-7-5-8-14-33)34-15-9-6-10-16-34)23-35-39(36(38)24-43(48)51-37)41(47)44(40(35)46)25-32-12-11-21-52-32/h5-16,18-19,21-22,35-37,39,45,48H,17,20,23-27H2,1-4H3/b28-22+/t35-,36+,37-,39-/m1/s1. The minimum Gasteiger partial charge on any atom is -0.459 e. The smallest absolute Gasteiger partial charge is 0.455 e. The van der Waals surface area contributed by atoms with Gasteiger partial charge in [0.1, 0.15) is 18.1 Å². The molecular weight excluding hydrogens is 701 g/mol. The number of fused-ring (bicyclic) bond motifs is 3. The first kappa shape index (κ1) is 37.5. The Bertz CT molecular complexity index is 1930. The molecule has 2 amide bonds. The normalized spacial score (nSPS) is 22.4. The first-order chi connectivity index (χ1) is 25.5. The molecular formula is C42H48BNO7SSi. The van der Waals surface area contributed by atoms with Gasteiger partial charge in [0.25, 0.3) is 8.32 Å². The molecule has 4 heterocycles. The fourth-order valence-electron chi connectivity index (χ4n) is 8.86. The quantitative estimate of drug-likeness (QED) is 0.0956. The van der Waals surface area contributed by atoms with E-state index >= 15 is 0 Å². The van der Waals surface area contributed by atoms with E-state index in [0.29, 0.717) is 30.8 Å². The molecule has 0 saturated carbocycles. The number of benzene rings is 2. The zero-order valence-electron chi connectivity index (χ0n) is 30.9. The van der Waals surface area contributed by atoms with Gasteiger partial charge in [-0.3, -0.25) is 14.5 Å². The number of thiophene rings is 1. The van der Waals surface area contributed by atoms with Crippen LogP contribution in [0.5, 0.6) is 0 Å². The predicted octanol–water partition coefficient (Wildman–Crippen LogP) is 6.59. The maximum absolute atomic E-state index is 14.3. The van der Waals surface area contributed by atoms with E-state index in [1.807, 2.05) is 48.7 Å². The molecule has 2 saturated heterocycles. The van der Waals surface area contributed by atoms with Gasteiger partial charge in [-0.05, 0) is 94.6 Å². The van der Waals surface area contributed by atoms with Crippen molar-refractivity contribution in [2.45, 2.75) is 77.6 Å². The van der Waals surface area contributed by atoms with Crippen molar-refractivity contribution in [2.75, 3.05) is 6.61 Å². The predicted molar refractivity (Wildman–Crippen MR) is 211 cm³/mol. The van der Waals surface area contributed by atoms with Crippen LogP contribution in [-0.2, 0) is 31.8 Å². The van der Waals surface area contributed by atoms with Crippen LogP contribution in [0.25, 0.3) is 6.08 Å². The monoisotopic (exact) mass is 749 g/mol. The third-order valence-corrected chi connectivity index (χ3v) is 17.0. The van der Waals surface area contributed by atoms with Crippen molar-refractivity contribution in [1.82, 2.24) is 4.90 Å². The van der Waals surface area contributed by atoms with E-state index in [-0.39, 0.29) is 48.8 Å². The van der Waals surface area contributed by atoms with E-state index in [4.69, 9.17) is 13.5 Å². The van der Waals surface area contributed by atoms with Gasteiger partial charge in [-0.25, -0.2) is 0 Å². The summed E-state index contributed by atoms with van der Waals surface area (Å²) in [4.78, 5) is 30.9. The summed E-state index contributed by atoms with van der Waals surface area (Å²) >= 11 is 1.54. The van der Waals surface area contributed by atoms with Crippen molar-refractivity contribution >= 4 is 55.0 Å². The molecule has 0 bridgehead atoms. The van der Waals surface area contributed by atoms with Crippen LogP contribution in [0.1, 0.15) is 63.4 Å². The Morgan fingerprint density at radius 1 is 0.981 bits per heavy atom. The van der Waals surface area contributed by atoms with Gasteiger partial charge in [0, 0.05) is 4.88 Å². The minimum absolute atomic E-state index is 0.146. The molecule has 3 aliphatic rings. The van der Waals surface area contributed by atoms with Crippen LogP contribution in [0.4, 0.5) is 0 Å². The Labute approximate surface area is 317 Å². The molecule has 4 aromatic rings. The second-order valence-electron chi connectivity index (χ2n) is 15.6. The lowest BCUT2D eigenvalue weighted by Gasteiger charge is -2.46. The molecule has 2 aromatic heterocycles. The Hall–Kier alpha value is -3.84. The SMILES string of the molecule is C/C(=C\c1ccc(CO)o1)CC[C@H]1OB(O)C[C@H]2C1=C(CO[Si](c1ccccc1)(c1ccccc1)C(C)(C)C)C[C@H]1C(=O)N(Cc3cccs3)C(=O)[C@H]12. The number of carbonyl (C=O) groups excluding carboxylic acids is 2. The summed E-state index contributed by atoms with van der Waals surface area (Å²) in [5.41, 5.74) is 3.06. The molecule has 0 spiro atoms. The number of nitrogens with zero attached hydrogens (tertiary/aromatic N) is 1. The Morgan fingerprint density at radius 3 is 2.28 bits per heavy atom. The fraction of sp³-hybridized carbons (Fsp3) is 0.381. The van der Waals surface area contributed by atoms with E-state index in [1.165, 1.54) is 26.6 Å². The number of rotatable bonds is 12. The van der Waals surface area contributed by atoms with Crippen LogP contribution in [0.15, 0.2) is 111 Å². The fourth-order valence-corrected chi connectivity index (χ4v) is 14.1. The zero-order valence-corrected chi connectivity index (χ0v) is 32.7. The lowest BCUT2D eigenvalue weighted by Crippen LogP contribution is -2.66. The first-order valence-electron chi connectivity index (χ1n) is 18.5. The number of hydrogen-bond acceptors (Lipinski definition) is 8. The number of aliphatic hydroxyl groups excluding tert-OH is 1. The van der Waals surface area contributed by atoms with Crippen molar-refractivity contribution in [1.29, 1.82) is 0 Å². The molecule has 53 heavy (non-hydrogen) atoms. The van der Waals surface area contributed by atoms with Gasteiger partial charge in [0.2, 0.25) is 11.8 Å². The van der Waals surface area contributed by atoms with Crippen molar-refractivity contribution < 1.29 is 33.2 Å². The minimum atomic E-state index is -2.95. The molecule has 7 rings (SSSR count). The summed E-state index contributed by atoms with van der Waals surface area (Å²) in [6.45, 7) is 9.16. The molecule has 2 N–H and O–H groups in total. The summed E-state index contributed by atoms with van der Waals surface area (Å²) < 4.78 is 19.5. The molecule has 0 radical (unpaired) electrons. The van der Waals surface area contributed by atoms with E-state index in [9.17, 15) is 19.7 Å². The number of furan rings is 1. The van der Waals surface area contributed by atoms with Crippen molar-refractivity contribution in [3.05, 3.63) is 123 Å². The summed E-state index contributed by atoms with van der Waals surface area (Å²) in [6.07, 6.45) is 3.35. The third-order valence-electron chi connectivity index (χ3n) is 11.2. The second-order valence-corrected chi connectivity index (χ2v) is 20.9. The molecule has 2 aliphatic heterocycles. The highest BCUT2D eigenvalue weighted by atomic mass is 32.1. The number of allylic oxidation sites excluding steroid dienone is 1. The molecule has 8 nitrogen and oxygen atoms in total. The van der Waals surface area contributed by atoms with Crippen molar-refractivity contribution in [3.63, 3.8) is 0 Å². The number of hydrogen-bond donors (Lipinski definition) is 2. The topological polar surface area (TPSA) is 109 Å². The number of likely N-dealkylation sites (tertiary alicyclic amines) is 1. The number of aliphatic hydroxyl groups is 1. The lowest BCUT2D eigenvalue weighted by molar-refractivity contribution is -0.140. The van der Waals surface area contributed by atoms with Crippen molar-refractivity contribution in [3.8, 4) is 0 Å². The highest BCUT2D eigenvalue weighted by Crippen LogP contribution is 2.51. The van der Waals surface area contributed by atoms with Crippen LogP contribution < -0.4 is 10.4 Å². The molecule has 11 heteroatoms. The average molecular weight is 750 g/mol. The van der Waals surface area contributed by atoms with Crippen LogP contribution in [0, 0.1) is 17.8 Å². The Balaban J connectivity index is 1.28. The van der Waals surface area contributed by atoms with Crippen LogP contribution in [0.2, 0.25) is 11.4 Å². The number of imide groups is 1. The molecule has 1 aliphatic carbocycles. The summed E-state index contributed by atoms with van der Waals surface area (Å²) in [6, 6.07) is 28.5. The largest absolute Gasteiger partial charge is 0.459 e. The molecule has 4 atom stereocenters. The molecule has 2 fully saturated rings. The summed E-state index contributed by atoms with van der Waals surface area (Å²) in [5.74, 6) is -0.591. The second kappa shape index (κ2) is 15.5. The first-order valence-corrected chi connectivity index (χ1v) is 21.3. The lowest BCUT2D eigenvalue weighted by atomic mass is 9.58. The number of amides is 2. The molecule has 2 aromatic carbocycles. The van der Waals surface area contributed by atoms with Crippen molar-refractivity contribution in [2.24, 2.45) is 17.8 Å². The van der Waals surface area contributed by atoms with E-state index in [1.54, 1.807) is 6.07 Å². The van der Waals surface area contributed by atoms with Gasteiger partial charge in [-0.2, -0.15) is 0 Å². The molecule has 0 unspecified atom stereocenters.